The zero-order valence-corrected chi connectivity index (χ0v) is 8.88. The number of ether oxygens (including phenoxy) is 1. The van der Waals surface area contributed by atoms with Crippen LogP contribution in [0, 0.1) is 5.92 Å². The van der Waals surface area contributed by atoms with Gasteiger partial charge < -0.3 is 20.1 Å². The minimum Gasteiger partial charge on any atom is -0.504 e. The summed E-state index contributed by atoms with van der Waals surface area (Å²) in [5.41, 5.74) is 0.691. The van der Waals surface area contributed by atoms with Gasteiger partial charge in [0.15, 0.2) is 11.5 Å². The molecule has 5 heteroatoms. The maximum Gasteiger partial charge on any atom is 0.309 e. The fourth-order valence-corrected chi connectivity index (χ4v) is 1.36. The van der Waals surface area contributed by atoms with E-state index in [0.717, 1.165) is 0 Å². The fourth-order valence-electron chi connectivity index (χ4n) is 1.36. The molecular formula is C11H14O5. The Kier molecular flexibility index (Phi) is 4.13. The molecule has 1 atom stereocenters. The van der Waals surface area contributed by atoms with E-state index in [-0.39, 0.29) is 12.2 Å². The van der Waals surface area contributed by atoms with Gasteiger partial charge in [-0.2, -0.15) is 0 Å². The number of aliphatic carboxylic acids is 1. The summed E-state index contributed by atoms with van der Waals surface area (Å²) in [7, 11) is 1.42. The Morgan fingerprint density at radius 3 is 2.69 bits per heavy atom. The van der Waals surface area contributed by atoms with Gasteiger partial charge in [0, 0.05) is 0 Å². The molecular weight excluding hydrogens is 212 g/mol. The molecule has 16 heavy (non-hydrogen) atoms. The van der Waals surface area contributed by atoms with Crippen LogP contribution in [0.4, 0.5) is 0 Å². The van der Waals surface area contributed by atoms with Gasteiger partial charge in [0.2, 0.25) is 0 Å². The van der Waals surface area contributed by atoms with Crippen LogP contribution in [0.25, 0.3) is 0 Å². The molecule has 0 saturated heterocycles. The standard InChI is InChI=1S/C11H14O5/c1-16-10-5-7(2-3-9(10)13)4-8(6-12)11(14)15/h2-3,5,8,12-13H,4,6H2,1H3,(H,14,15). The average Bonchev–Trinajstić information content (AvgIpc) is 2.27. The second-order valence-corrected chi connectivity index (χ2v) is 3.43. The number of benzene rings is 1. The number of phenolic OH excluding ortho intramolecular Hbond substituents is 1. The minimum atomic E-state index is -1.05. The summed E-state index contributed by atoms with van der Waals surface area (Å²) in [4.78, 5) is 10.7. The molecule has 0 aliphatic rings. The topological polar surface area (TPSA) is 87.0 Å². The van der Waals surface area contributed by atoms with Crippen molar-refractivity contribution in [3.8, 4) is 11.5 Å². The minimum absolute atomic E-state index is 0.00197. The molecule has 3 N–H and O–H groups in total. The molecule has 0 aliphatic carbocycles. The third-order valence-corrected chi connectivity index (χ3v) is 2.30. The van der Waals surface area contributed by atoms with Gasteiger partial charge >= 0.3 is 5.97 Å². The molecule has 1 rings (SSSR count). The number of aliphatic hydroxyl groups excluding tert-OH is 1. The first kappa shape index (κ1) is 12.3. The molecule has 0 aliphatic heterocycles. The third-order valence-electron chi connectivity index (χ3n) is 2.30. The average molecular weight is 226 g/mol. The number of aliphatic hydroxyl groups is 1. The Morgan fingerprint density at radius 1 is 1.50 bits per heavy atom. The van der Waals surface area contributed by atoms with Crippen molar-refractivity contribution in [1.82, 2.24) is 0 Å². The van der Waals surface area contributed by atoms with Gasteiger partial charge in [-0.05, 0) is 24.1 Å². The summed E-state index contributed by atoms with van der Waals surface area (Å²) in [6.45, 7) is -0.418. The highest BCUT2D eigenvalue weighted by Crippen LogP contribution is 2.27. The summed E-state index contributed by atoms with van der Waals surface area (Å²) in [6.07, 6.45) is 0.197. The highest BCUT2D eigenvalue weighted by atomic mass is 16.5. The van der Waals surface area contributed by atoms with Crippen molar-refractivity contribution in [1.29, 1.82) is 0 Å². The van der Waals surface area contributed by atoms with Crippen LogP contribution in [0.15, 0.2) is 18.2 Å². The maximum absolute atomic E-state index is 10.7. The molecule has 5 nitrogen and oxygen atoms in total. The first-order valence-electron chi connectivity index (χ1n) is 4.78. The Morgan fingerprint density at radius 2 is 2.19 bits per heavy atom. The van der Waals surface area contributed by atoms with Gasteiger partial charge in [0.1, 0.15) is 0 Å². The van der Waals surface area contributed by atoms with E-state index in [4.69, 9.17) is 14.9 Å². The zero-order valence-electron chi connectivity index (χ0n) is 8.88. The summed E-state index contributed by atoms with van der Waals surface area (Å²) in [5, 5.41) is 27.0. The zero-order chi connectivity index (χ0) is 12.1. The second kappa shape index (κ2) is 5.37. The first-order chi connectivity index (χ1) is 7.58. The monoisotopic (exact) mass is 226 g/mol. The lowest BCUT2D eigenvalue weighted by Gasteiger charge is -2.10. The van der Waals surface area contributed by atoms with Crippen LogP contribution in [0.1, 0.15) is 5.56 Å². The molecule has 0 saturated carbocycles. The number of hydrogen-bond acceptors (Lipinski definition) is 4. The number of aromatic hydroxyl groups is 1. The highest BCUT2D eigenvalue weighted by Gasteiger charge is 2.17. The summed E-state index contributed by atoms with van der Waals surface area (Å²) in [5.74, 6) is -1.59. The van der Waals surface area contributed by atoms with Crippen molar-refractivity contribution in [2.24, 2.45) is 5.92 Å². The number of carbonyl (C=O) groups is 1. The normalized spacial score (nSPS) is 12.1. The van der Waals surface area contributed by atoms with E-state index in [1.807, 2.05) is 0 Å². The van der Waals surface area contributed by atoms with Crippen molar-refractivity contribution >= 4 is 5.97 Å². The van der Waals surface area contributed by atoms with Gasteiger partial charge in [0.05, 0.1) is 19.6 Å². The number of carboxylic acid groups (broad SMARTS) is 1. The second-order valence-electron chi connectivity index (χ2n) is 3.43. The Hall–Kier alpha value is -1.75. The van der Waals surface area contributed by atoms with Gasteiger partial charge in [-0.3, -0.25) is 4.79 Å². The smallest absolute Gasteiger partial charge is 0.309 e. The number of rotatable bonds is 5. The lowest BCUT2D eigenvalue weighted by Crippen LogP contribution is -2.20. The molecule has 0 spiro atoms. The van der Waals surface area contributed by atoms with E-state index in [2.05, 4.69) is 0 Å². The number of phenols is 1. The lowest BCUT2D eigenvalue weighted by molar-refractivity contribution is -0.143. The molecule has 0 amide bonds. The highest BCUT2D eigenvalue weighted by molar-refractivity contribution is 5.70. The fraction of sp³-hybridized carbons (Fsp3) is 0.364. The van der Waals surface area contributed by atoms with Crippen LogP contribution in [0.5, 0.6) is 11.5 Å². The lowest BCUT2D eigenvalue weighted by atomic mass is 10.00. The molecule has 88 valence electrons. The Labute approximate surface area is 92.9 Å². The molecule has 0 radical (unpaired) electrons. The van der Waals surface area contributed by atoms with Crippen molar-refractivity contribution in [2.45, 2.75) is 6.42 Å². The van der Waals surface area contributed by atoms with Crippen LogP contribution < -0.4 is 4.74 Å². The quantitative estimate of drug-likeness (QED) is 0.685. The van der Waals surface area contributed by atoms with Crippen molar-refractivity contribution in [3.05, 3.63) is 23.8 Å². The van der Waals surface area contributed by atoms with Crippen molar-refractivity contribution in [2.75, 3.05) is 13.7 Å². The SMILES string of the molecule is COc1cc(CC(CO)C(=O)O)ccc1O. The van der Waals surface area contributed by atoms with E-state index < -0.39 is 18.5 Å². The van der Waals surface area contributed by atoms with Crippen LogP contribution in [0.2, 0.25) is 0 Å². The van der Waals surface area contributed by atoms with Gasteiger partial charge in [0.25, 0.3) is 0 Å². The van der Waals surface area contributed by atoms with E-state index in [1.165, 1.54) is 13.2 Å². The van der Waals surface area contributed by atoms with Crippen molar-refractivity contribution in [3.63, 3.8) is 0 Å². The van der Waals surface area contributed by atoms with Crippen LogP contribution in [-0.4, -0.2) is 35.0 Å². The van der Waals surface area contributed by atoms with Crippen LogP contribution >= 0.6 is 0 Å². The number of methoxy groups -OCH3 is 1. The maximum atomic E-state index is 10.7. The van der Waals surface area contributed by atoms with E-state index in [9.17, 15) is 9.90 Å². The largest absolute Gasteiger partial charge is 0.504 e. The Balaban J connectivity index is 2.84. The van der Waals surface area contributed by atoms with Gasteiger partial charge in [-0.15, -0.1) is 0 Å². The predicted octanol–water partition coefficient (Wildman–Crippen LogP) is 0.636. The molecule has 0 heterocycles. The van der Waals surface area contributed by atoms with Crippen LogP contribution in [-0.2, 0) is 11.2 Å². The number of carboxylic acids is 1. The third kappa shape index (κ3) is 2.87. The molecule has 1 aromatic carbocycles. The van der Waals surface area contributed by atoms with E-state index >= 15 is 0 Å². The molecule has 0 fully saturated rings. The summed E-state index contributed by atoms with van der Waals surface area (Å²) in [6, 6.07) is 4.59. The van der Waals surface area contributed by atoms with E-state index in [1.54, 1.807) is 12.1 Å². The molecule has 1 unspecified atom stereocenters. The van der Waals surface area contributed by atoms with Crippen molar-refractivity contribution < 1.29 is 24.9 Å². The van der Waals surface area contributed by atoms with Gasteiger partial charge in [-0.1, -0.05) is 6.07 Å². The summed E-state index contributed by atoms with van der Waals surface area (Å²) >= 11 is 0. The van der Waals surface area contributed by atoms with E-state index in [0.29, 0.717) is 11.3 Å². The first-order valence-corrected chi connectivity index (χ1v) is 4.78. The molecule has 0 aromatic heterocycles. The van der Waals surface area contributed by atoms with Gasteiger partial charge in [-0.25, -0.2) is 0 Å². The van der Waals surface area contributed by atoms with Crippen LogP contribution in [0.3, 0.4) is 0 Å². The number of hydrogen-bond donors (Lipinski definition) is 3. The predicted molar refractivity (Wildman–Crippen MR) is 56.6 cm³/mol. The molecule has 1 aromatic rings. The Bertz CT molecular complexity index is 375. The molecule has 0 bridgehead atoms. The summed E-state index contributed by atoms with van der Waals surface area (Å²) < 4.78 is 4.90.